The number of amides is 1. The standard InChI is InChI=1S/C16H26N4O2.ClH/c1-11(18-14(21)10-13-8-5-9-17-13)16-19-15(20-22-16)12-6-3-2-4-7-12;/h11-13,17H,2-10H2,1H3,(H,18,21);1H. The van der Waals surface area contributed by atoms with Crippen LogP contribution >= 0.6 is 12.4 Å². The molecular formula is C16H27ClN4O2. The summed E-state index contributed by atoms with van der Waals surface area (Å²) in [5.41, 5.74) is 0. The Morgan fingerprint density at radius 1 is 1.30 bits per heavy atom. The van der Waals surface area contributed by atoms with Gasteiger partial charge in [-0.05, 0) is 39.2 Å². The number of hydrogen-bond acceptors (Lipinski definition) is 5. The summed E-state index contributed by atoms with van der Waals surface area (Å²) in [6.07, 6.45) is 8.84. The third kappa shape index (κ3) is 4.91. The monoisotopic (exact) mass is 342 g/mol. The molecule has 130 valence electrons. The van der Waals surface area contributed by atoms with Gasteiger partial charge < -0.3 is 15.2 Å². The molecule has 7 heteroatoms. The van der Waals surface area contributed by atoms with Crippen LogP contribution in [0, 0.1) is 0 Å². The summed E-state index contributed by atoms with van der Waals surface area (Å²) in [5, 5.41) is 10.4. The Morgan fingerprint density at radius 2 is 2.09 bits per heavy atom. The first kappa shape index (κ1) is 18.2. The molecule has 2 N–H and O–H groups in total. The van der Waals surface area contributed by atoms with Crippen molar-refractivity contribution in [1.82, 2.24) is 20.8 Å². The lowest BCUT2D eigenvalue weighted by Crippen LogP contribution is -2.33. The fourth-order valence-corrected chi connectivity index (χ4v) is 3.47. The molecule has 3 rings (SSSR count). The van der Waals surface area contributed by atoms with Gasteiger partial charge in [-0.2, -0.15) is 4.98 Å². The van der Waals surface area contributed by atoms with Gasteiger partial charge >= 0.3 is 0 Å². The van der Waals surface area contributed by atoms with Crippen LogP contribution in [0.15, 0.2) is 4.52 Å². The van der Waals surface area contributed by atoms with Crippen LogP contribution in [0.1, 0.15) is 82.0 Å². The fraction of sp³-hybridized carbons (Fsp3) is 0.812. The number of carbonyl (C=O) groups excluding carboxylic acids is 1. The quantitative estimate of drug-likeness (QED) is 0.860. The van der Waals surface area contributed by atoms with E-state index in [0.717, 1.165) is 38.1 Å². The fourth-order valence-electron chi connectivity index (χ4n) is 3.47. The molecule has 6 nitrogen and oxygen atoms in total. The van der Waals surface area contributed by atoms with E-state index in [-0.39, 0.29) is 24.4 Å². The molecule has 2 atom stereocenters. The lowest BCUT2D eigenvalue weighted by molar-refractivity contribution is -0.122. The van der Waals surface area contributed by atoms with Crippen molar-refractivity contribution in [3.63, 3.8) is 0 Å². The van der Waals surface area contributed by atoms with Crippen molar-refractivity contribution >= 4 is 18.3 Å². The number of nitrogens with zero attached hydrogens (tertiary/aromatic N) is 2. The Labute approximate surface area is 143 Å². The molecular weight excluding hydrogens is 316 g/mol. The first-order valence-corrected chi connectivity index (χ1v) is 8.58. The average molecular weight is 343 g/mol. The normalized spacial score (nSPS) is 23.3. The number of nitrogens with one attached hydrogen (secondary N) is 2. The Morgan fingerprint density at radius 3 is 2.78 bits per heavy atom. The van der Waals surface area contributed by atoms with E-state index < -0.39 is 0 Å². The Bertz CT molecular complexity index is 496. The molecule has 2 fully saturated rings. The van der Waals surface area contributed by atoms with Crippen molar-refractivity contribution in [2.24, 2.45) is 0 Å². The predicted octanol–water partition coefficient (Wildman–Crippen LogP) is 2.86. The minimum absolute atomic E-state index is 0. The molecule has 2 heterocycles. The maximum Gasteiger partial charge on any atom is 0.248 e. The second kappa shape index (κ2) is 8.64. The van der Waals surface area contributed by atoms with Crippen molar-refractivity contribution in [2.45, 2.75) is 76.3 Å². The molecule has 0 bridgehead atoms. The second-order valence-corrected chi connectivity index (χ2v) is 6.61. The lowest BCUT2D eigenvalue weighted by atomic mass is 9.89. The van der Waals surface area contributed by atoms with Crippen molar-refractivity contribution in [3.05, 3.63) is 11.7 Å². The van der Waals surface area contributed by atoms with Crippen molar-refractivity contribution < 1.29 is 9.32 Å². The highest BCUT2D eigenvalue weighted by Gasteiger charge is 2.24. The van der Waals surface area contributed by atoms with E-state index in [1.807, 2.05) is 6.92 Å². The molecule has 0 radical (unpaired) electrons. The van der Waals surface area contributed by atoms with Gasteiger partial charge in [-0.3, -0.25) is 4.79 Å². The number of carbonyl (C=O) groups is 1. The summed E-state index contributed by atoms with van der Waals surface area (Å²) in [4.78, 5) is 16.6. The summed E-state index contributed by atoms with van der Waals surface area (Å²) in [5.74, 6) is 1.81. The molecule has 1 amide bonds. The smallest absolute Gasteiger partial charge is 0.248 e. The minimum Gasteiger partial charge on any atom is -0.345 e. The number of rotatable bonds is 5. The van der Waals surface area contributed by atoms with Crippen molar-refractivity contribution in [2.75, 3.05) is 6.54 Å². The first-order chi connectivity index (χ1) is 10.7. The van der Waals surface area contributed by atoms with Crippen LogP contribution in [0.25, 0.3) is 0 Å². The highest BCUT2D eigenvalue weighted by Crippen LogP contribution is 2.31. The van der Waals surface area contributed by atoms with E-state index in [4.69, 9.17) is 4.52 Å². The molecule has 1 aliphatic heterocycles. The van der Waals surface area contributed by atoms with Gasteiger partial charge in [0.1, 0.15) is 6.04 Å². The molecule has 1 saturated carbocycles. The molecule has 1 aromatic heterocycles. The van der Waals surface area contributed by atoms with Gasteiger partial charge in [-0.25, -0.2) is 0 Å². The topological polar surface area (TPSA) is 80.0 Å². The molecule has 2 unspecified atom stereocenters. The Kier molecular flexibility index (Phi) is 6.84. The van der Waals surface area contributed by atoms with Gasteiger partial charge in [0.2, 0.25) is 11.8 Å². The zero-order valence-corrected chi connectivity index (χ0v) is 14.5. The molecule has 0 spiro atoms. The summed E-state index contributed by atoms with van der Waals surface area (Å²) in [6.45, 7) is 2.92. The predicted molar refractivity (Wildman–Crippen MR) is 89.6 cm³/mol. The third-order valence-corrected chi connectivity index (χ3v) is 4.77. The van der Waals surface area contributed by atoms with Crippen LogP contribution < -0.4 is 10.6 Å². The lowest BCUT2D eigenvalue weighted by Gasteiger charge is -2.17. The van der Waals surface area contributed by atoms with Crippen LogP contribution in [-0.2, 0) is 4.79 Å². The van der Waals surface area contributed by atoms with Crippen LogP contribution in [0.2, 0.25) is 0 Å². The van der Waals surface area contributed by atoms with E-state index in [1.54, 1.807) is 0 Å². The first-order valence-electron chi connectivity index (χ1n) is 8.58. The maximum absolute atomic E-state index is 12.1. The largest absolute Gasteiger partial charge is 0.345 e. The molecule has 1 aliphatic carbocycles. The van der Waals surface area contributed by atoms with Crippen LogP contribution in [0.3, 0.4) is 0 Å². The van der Waals surface area contributed by atoms with E-state index in [1.165, 1.54) is 19.3 Å². The van der Waals surface area contributed by atoms with E-state index >= 15 is 0 Å². The van der Waals surface area contributed by atoms with Crippen molar-refractivity contribution in [1.29, 1.82) is 0 Å². The summed E-state index contributed by atoms with van der Waals surface area (Å²) >= 11 is 0. The second-order valence-electron chi connectivity index (χ2n) is 6.61. The molecule has 23 heavy (non-hydrogen) atoms. The van der Waals surface area contributed by atoms with Gasteiger partial charge in [0.25, 0.3) is 0 Å². The minimum atomic E-state index is -0.223. The van der Waals surface area contributed by atoms with E-state index in [2.05, 4.69) is 20.8 Å². The highest BCUT2D eigenvalue weighted by atomic mass is 35.5. The molecule has 1 saturated heterocycles. The molecule has 2 aliphatic rings. The maximum atomic E-state index is 12.1. The average Bonchev–Trinajstić information content (AvgIpc) is 3.19. The molecule has 1 aromatic rings. The van der Waals surface area contributed by atoms with E-state index in [0.29, 0.717) is 24.3 Å². The van der Waals surface area contributed by atoms with Gasteiger partial charge in [-0.15, -0.1) is 12.4 Å². The van der Waals surface area contributed by atoms with Crippen LogP contribution in [0.5, 0.6) is 0 Å². The van der Waals surface area contributed by atoms with Gasteiger partial charge in [0.15, 0.2) is 5.82 Å². The zero-order valence-electron chi connectivity index (χ0n) is 13.7. The van der Waals surface area contributed by atoms with Crippen LogP contribution in [0.4, 0.5) is 0 Å². The SMILES string of the molecule is CC(NC(=O)CC1CCCN1)c1nc(C2CCCCC2)no1.Cl. The Hall–Kier alpha value is -1.14. The number of hydrogen-bond donors (Lipinski definition) is 2. The van der Waals surface area contributed by atoms with Gasteiger partial charge in [0, 0.05) is 18.4 Å². The number of halogens is 1. The van der Waals surface area contributed by atoms with Crippen LogP contribution in [-0.4, -0.2) is 28.6 Å². The van der Waals surface area contributed by atoms with E-state index in [9.17, 15) is 4.79 Å². The third-order valence-electron chi connectivity index (χ3n) is 4.77. The zero-order chi connectivity index (χ0) is 15.4. The van der Waals surface area contributed by atoms with Gasteiger partial charge in [-0.1, -0.05) is 24.4 Å². The summed E-state index contributed by atoms with van der Waals surface area (Å²) in [6, 6.07) is 0.0893. The summed E-state index contributed by atoms with van der Waals surface area (Å²) < 4.78 is 5.36. The van der Waals surface area contributed by atoms with Gasteiger partial charge in [0.05, 0.1) is 0 Å². The summed E-state index contributed by atoms with van der Waals surface area (Å²) in [7, 11) is 0. The molecule has 0 aromatic carbocycles. The van der Waals surface area contributed by atoms with Crippen molar-refractivity contribution in [3.8, 4) is 0 Å². The number of aromatic nitrogens is 2. The highest BCUT2D eigenvalue weighted by molar-refractivity contribution is 5.85. The Balaban J connectivity index is 0.00000192.